The first-order valence-corrected chi connectivity index (χ1v) is 4.40. The molecular weight excluding hydrogens is 134 g/mol. The van der Waals surface area contributed by atoms with Gasteiger partial charge in [-0.1, -0.05) is 31.9 Å². The molecule has 0 amide bonds. The van der Waals surface area contributed by atoms with Crippen molar-refractivity contribution in [2.24, 2.45) is 0 Å². The maximum absolute atomic E-state index is 8.34. The molecule has 0 radical (unpaired) electrons. The summed E-state index contributed by atoms with van der Waals surface area (Å²) in [5.41, 5.74) is 1.44. The minimum atomic E-state index is 0.576. The Balaban J connectivity index is 3.66. The van der Waals surface area contributed by atoms with Gasteiger partial charge in [0, 0.05) is 0 Å². The van der Waals surface area contributed by atoms with E-state index in [0.29, 0.717) is 6.42 Å². The Morgan fingerprint density at radius 2 is 2.18 bits per heavy atom. The van der Waals surface area contributed by atoms with E-state index in [-0.39, 0.29) is 0 Å². The predicted octanol–water partition coefficient (Wildman–Crippen LogP) is 3.43. The van der Waals surface area contributed by atoms with E-state index in [9.17, 15) is 0 Å². The molecule has 0 heterocycles. The van der Waals surface area contributed by atoms with E-state index in [0.717, 1.165) is 6.42 Å². The van der Waals surface area contributed by atoms with Gasteiger partial charge in [-0.15, -0.1) is 0 Å². The van der Waals surface area contributed by atoms with Gasteiger partial charge in [0.15, 0.2) is 0 Å². The standard InChI is InChI=1S/C10H17N/c1-3-5-7-10(4-2)8-6-9-11/h8H,3-7H2,1-2H3. The zero-order valence-electron chi connectivity index (χ0n) is 7.56. The molecule has 11 heavy (non-hydrogen) atoms. The maximum Gasteiger partial charge on any atom is 0.0663 e. The molecule has 0 fully saturated rings. The van der Waals surface area contributed by atoms with Crippen LogP contribution in [0.4, 0.5) is 0 Å². The largest absolute Gasteiger partial charge is 0.198 e. The first-order chi connectivity index (χ1) is 5.35. The Labute approximate surface area is 69.7 Å². The molecule has 0 aromatic carbocycles. The lowest BCUT2D eigenvalue weighted by Gasteiger charge is -2.00. The number of allylic oxidation sites excluding steroid dienone is 2. The lowest BCUT2D eigenvalue weighted by Crippen LogP contribution is -1.81. The summed E-state index contributed by atoms with van der Waals surface area (Å²) in [6, 6.07) is 2.13. The summed E-state index contributed by atoms with van der Waals surface area (Å²) < 4.78 is 0. The van der Waals surface area contributed by atoms with Crippen LogP contribution >= 0.6 is 0 Å². The third kappa shape index (κ3) is 5.66. The van der Waals surface area contributed by atoms with Crippen LogP contribution in [0.2, 0.25) is 0 Å². The summed E-state index contributed by atoms with van der Waals surface area (Å²) in [7, 11) is 0. The fourth-order valence-electron chi connectivity index (χ4n) is 1.02. The number of nitriles is 1. The summed E-state index contributed by atoms with van der Waals surface area (Å²) in [5.74, 6) is 0. The fraction of sp³-hybridized carbons (Fsp3) is 0.700. The normalized spacial score (nSPS) is 11.2. The van der Waals surface area contributed by atoms with Gasteiger partial charge in [-0.25, -0.2) is 0 Å². The number of hydrogen-bond acceptors (Lipinski definition) is 1. The molecule has 0 aliphatic rings. The predicted molar refractivity (Wildman–Crippen MR) is 48.1 cm³/mol. The molecule has 0 rings (SSSR count). The summed E-state index contributed by atoms with van der Waals surface area (Å²) in [4.78, 5) is 0. The molecule has 0 aromatic heterocycles. The van der Waals surface area contributed by atoms with Crippen molar-refractivity contribution in [2.45, 2.75) is 46.0 Å². The molecule has 0 spiro atoms. The van der Waals surface area contributed by atoms with Gasteiger partial charge in [-0.3, -0.25) is 0 Å². The Bertz CT molecular complexity index is 151. The van der Waals surface area contributed by atoms with Crippen LogP contribution in [-0.4, -0.2) is 0 Å². The van der Waals surface area contributed by atoms with Gasteiger partial charge in [0.1, 0.15) is 0 Å². The van der Waals surface area contributed by atoms with Crippen molar-refractivity contribution in [3.8, 4) is 6.07 Å². The summed E-state index contributed by atoms with van der Waals surface area (Å²) in [6.07, 6.45) is 7.41. The quantitative estimate of drug-likeness (QED) is 0.552. The van der Waals surface area contributed by atoms with E-state index in [4.69, 9.17) is 5.26 Å². The average Bonchev–Trinajstić information content (AvgIpc) is 2.05. The van der Waals surface area contributed by atoms with Crippen molar-refractivity contribution in [1.82, 2.24) is 0 Å². The van der Waals surface area contributed by atoms with Gasteiger partial charge in [0.25, 0.3) is 0 Å². The second kappa shape index (κ2) is 7.34. The van der Waals surface area contributed by atoms with Crippen LogP contribution < -0.4 is 0 Å². The van der Waals surface area contributed by atoms with Crippen LogP contribution in [0.5, 0.6) is 0 Å². The third-order valence-corrected chi connectivity index (χ3v) is 1.79. The Hall–Kier alpha value is -0.770. The highest BCUT2D eigenvalue weighted by atomic mass is 14.2. The topological polar surface area (TPSA) is 23.8 Å². The van der Waals surface area contributed by atoms with Crippen LogP contribution in [0.3, 0.4) is 0 Å². The minimum Gasteiger partial charge on any atom is -0.198 e. The maximum atomic E-state index is 8.34. The van der Waals surface area contributed by atoms with Crippen LogP contribution in [0.1, 0.15) is 46.0 Å². The SMILES string of the molecule is CCCCC(=CCC#N)CC. The summed E-state index contributed by atoms with van der Waals surface area (Å²) in [5, 5.41) is 8.34. The van der Waals surface area contributed by atoms with E-state index >= 15 is 0 Å². The lowest BCUT2D eigenvalue weighted by atomic mass is 10.1. The molecule has 0 unspecified atom stereocenters. The van der Waals surface area contributed by atoms with Crippen LogP contribution in [0, 0.1) is 11.3 Å². The first-order valence-electron chi connectivity index (χ1n) is 4.40. The number of rotatable bonds is 5. The van der Waals surface area contributed by atoms with Gasteiger partial charge in [-0.2, -0.15) is 5.26 Å². The van der Waals surface area contributed by atoms with Gasteiger partial charge < -0.3 is 0 Å². The van der Waals surface area contributed by atoms with E-state index in [1.807, 2.05) is 0 Å². The van der Waals surface area contributed by atoms with E-state index in [1.54, 1.807) is 0 Å². The molecule has 0 atom stereocenters. The highest BCUT2D eigenvalue weighted by Gasteiger charge is 1.91. The van der Waals surface area contributed by atoms with E-state index in [1.165, 1.54) is 24.8 Å². The van der Waals surface area contributed by atoms with Crippen LogP contribution in [-0.2, 0) is 0 Å². The van der Waals surface area contributed by atoms with Crippen molar-refractivity contribution in [3.63, 3.8) is 0 Å². The van der Waals surface area contributed by atoms with Gasteiger partial charge in [0.2, 0.25) is 0 Å². The summed E-state index contributed by atoms with van der Waals surface area (Å²) in [6.45, 7) is 4.34. The number of nitrogens with zero attached hydrogens (tertiary/aromatic N) is 1. The van der Waals surface area contributed by atoms with Crippen molar-refractivity contribution in [1.29, 1.82) is 5.26 Å². The molecule has 62 valence electrons. The van der Waals surface area contributed by atoms with Gasteiger partial charge in [0.05, 0.1) is 12.5 Å². The van der Waals surface area contributed by atoms with Crippen molar-refractivity contribution in [2.75, 3.05) is 0 Å². The zero-order chi connectivity index (χ0) is 8.53. The third-order valence-electron chi connectivity index (χ3n) is 1.79. The van der Waals surface area contributed by atoms with Gasteiger partial charge in [-0.05, 0) is 19.3 Å². The Kier molecular flexibility index (Phi) is 6.82. The van der Waals surface area contributed by atoms with Gasteiger partial charge >= 0.3 is 0 Å². The molecule has 1 nitrogen and oxygen atoms in total. The Morgan fingerprint density at radius 3 is 2.64 bits per heavy atom. The Morgan fingerprint density at radius 1 is 1.45 bits per heavy atom. The second-order valence-electron chi connectivity index (χ2n) is 2.68. The highest BCUT2D eigenvalue weighted by molar-refractivity contribution is 5.04. The lowest BCUT2D eigenvalue weighted by molar-refractivity contribution is 0.763. The molecule has 0 aromatic rings. The van der Waals surface area contributed by atoms with Crippen molar-refractivity contribution >= 4 is 0 Å². The van der Waals surface area contributed by atoms with Crippen LogP contribution in [0.25, 0.3) is 0 Å². The first kappa shape index (κ1) is 10.2. The fourth-order valence-corrected chi connectivity index (χ4v) is 1.02. The van der Waals surface area contributed by atoms with E-state index < -0.39 is 0 Å². The smallest absolute Gasteiger partial charge is 0.0663 e. The number of hydrogen-bond donors (Lipinski definition) is 0. The molecule has 0 aliphatic carbocycles. The molecule has 0 bridgehead atoms. The molecular formula is C10H17N. The number of unbranched alkanes of at least 4 members (excludes halogenated alkanes) is 1. The van der Waals surface area contributed by atoms with Crippen molar-refractivity contribution in [3.05, 3.63) is 11.6 Å². The molecule has 0 saturated carbocycles. The minimum absolute atomic E-state index is 0.576. The zero-order valence-corrected chi connectivity index (χ0v) is 7.56. The molecule has 0 aliphatic heterocycles. The second-order valence-corrected chi connectivity index (χ2v) is 2.68. The molecule has 0 N–H and O–H groups in total. The molecule has 0 saturated heterocycles. The van der Waals surface area contributed by atoms with Crippen molar-refractivity contribution < 1.29 is 0 Å². The average molecular weight is 151 g/mol. The highest BCUT2D eigenvalue weighted by Crippen LogP contribution is 2.11. The molecule has 1 heteroatoms. The van der Waals surface area contributed by atoms with E-state index in [2.05, 4.69) is 26.0 Å². The van der Waals surface area contributed by atoms with Crippen LogP contribution in [0.15, 0.2) is 11.6 Å². The monoisotopic (exact) mass is 151 g/mol. The summed E-state index contributed by atoms with van der Waals surface area (Å²) >= 11 is 0.